The number of carbonyl (C=O) groups excluding carboxylic acids is 1. The zero-order valence-electron chi connectivity index (χ0n) is 16.3. The van der Waals surface area contributed by atoms with Crippen LogP contribution in [0.15, 0.2) is 70.9 Å². The first-order chi connectivity index (χ1) is 14.5. The SMILES string of the molecule is CCOc1ccc(N=Nc2cc(Cl)c(OC(=O)c3ccc(OC)cc3)c(Cl)c2)cc1. The third-order valence-corrected chi connectivity index (χ3v) is 4.49. The summed E-state index contributed by atoms with van der Waals surface area (Å²) >= 11 is 12.5. The first-order valence-electron chi connectivity index (χ1n) is 9.00. The first kappa shape index (κ1) is 21.6. The van der Waals surface area contributed by atoms with Crippen molar-refractivity contribution in [2.45, 2.75) is 6.92 Å². The minimum absolute atomic E-state index is 0.0548. The Labute approximate surface area is 184 Å². The molecule has 3 rings (SSSR count). The van der Waals surface area contributed by atoms with Crippen LogP contribution in [-0.4, -0.2) is 19.7 Å². The van der Waals surface area contributed by atoms with E-state index in [4.69, 9.17) is 37.4 Å². The number of hydrogen-bond donors (Lipinski definition) is 0. The smallest absolute Gasteiger partial charge is 0.343 e. The summed E-state index contributed by atoms with van der Waals surface area (Å²) < 4.78 is 15.8. The van der Waals surface area contributed by atoms with Crippen LogP contribution in [0.3, 0.4) is 0 Å². The highest BCUT2D eigenvalue weighted by atomic mass is 35.5. The van der Waals surface area contributed by atoms with Crippen LogP contribution in [0.5, 0.6) is 17.2 Å². The molecule has 0 unspecified atom stereocenters. The van der Waals surface area contributed by atoms with Crippen LogP contribution in [0, 0.1) is 0 Å². The summed E-state index contributed by atoms with van der Waals surface area (Å²) in [7, 11) is 1.54. The largest absolute Gasteiger partial charge is 0.497 e. The van der Waals surface area contributed by atoms with Crippen molar-refractivity contribution in [1.82, 2.24) is 0 Å². The molecule has 6 nitrogen and oxygen atoms in total. The summed E-state index contributed by atoms with van der Waals surface area (Å²) in [6.07, 6.45) is 0. The molecule has 0 fully saturated rings. The van der Waals surface area contributed by atoms with Gasteiger partial charge in [-0.3, -0.25) is 0 Å². The lowest BCUT2D eigenvalue weighted by molar-refractivity contribution is 0.0735. The van der Waals surface area contributed by atoms with E-state index in [0.29, 0.717) is 29.3 Å². The molecule has 0 aliphatic carbocycles. The summed E-state index contributed by atoms with van der Waals surface area (Å²) in [5, 5.41) is 8.57. The number of methoxy groups -OCH3 is 1. The second-order valence-electron chi connectivity index (χ2n) is 5.98. The number of hydrogen-bond acceptors (Lipinski definition) is 6. The molecular formula is C22H18Cl2N2O4. The molecule has 0 spiro atoms. The normalized spacial score (nSPS) is 10.8. The van der Waals surface area contributed by atoms with Crippen LogP contribution in [0.1, 0.15) is 17.3 Å². The van der Waals surface area contributed by atoms with E-state index in [-0.39, 0.29) is 15.8 Å². The topological polar surface area (TPSA) is 69.5 Å². The maximum atomic E-state index is 12.4. The lowest BCUT2D eigenvalue weighted by Crippen LogP contribution is -2.09. The van der Waals surface area contributed by atoms with Gasteiger partial charge in [-0.1, -0.05) is 23.2 Å². The van der Waals surface area contributed by atoms with Gasteiger partial charge in [0.15, 0.2) is 5.75 Å². The highest BCUT2D eigenvalue weighted by Gasteiger charge is 2.16. The van der Waals surface area contributed by atoms with Crippen LogP contribution >= 0.6 is 23.2 Å². The minimum Gasteiger partial charge on any atom is -0.497 e. The molecule has 0 saturated heterocycles. The quantitative estimate of drug-likeness (QED) is 0.222. The van der Waals surface area contributed by atoms with Crippen molar-refractivity contribution in [1.29, 1.82) is 0 Å². The number of carbonyl (C=O) groups is 1. The maximum Gasteiger partial charge on any atom is 0.343 e. The van der Waals surface area contributed by atoms with Crippen LogP contribution < -0.4 is 14.2 Å². The highest BCUT2D eigenvalue weighted by Crippen LogP contribution is 2.38. The van der Waals surface area contributed by atoms with E-state index < -0.39 is 5.97 Å². The van der Waals surface area contributed by atoms with Crippen LogP contribution in [-0.2, 0) is 0 Å². The van der Waals surface area contributed by atoms with E-state index in [1.165, 1.54) is 12.1 Å². The molecule has 3 aromatic carbocycles. The Morgan fingerprint density at radius 3 is 2.00 bits per heavy atom. The Balaban J connectivity index is 1.73. The van der Waals surface area contributed by atoms with E-state index in [1.54, 1.807) is 55.6 Å². The Morgan fingerprint density at radius 2 is 1.43 bits per heavy atom. The molecule has 8 heteroatoms. The molecular weight excluding hydrogens is 427 g/mol. The van der Waals surface area contributed by atoms with Crippen LogP contribution in [0.4, 0.5) is 11.4 Å². The molecule has 0 radical (unpaired) electrons. The number of ether oxygens (including phenoxy) is 3. The lowest BCUT2D eigenvalue weighted by Gasteiger charge is -2.09. The predicted octanol–water partition coefficient (Wildman–Crippen LogP) is 7.04. The van der Waals surface area contributed by atoms with Gasteiger partial charge in [-0.25, -0.2) is 4.79 Å². The number of esters is 1. The van der Waals surface area contributed by atoms with Crippen molar-refractivity contribution in [3.63, 3.8) is 0 Å². The number of halogens is 2. The first-order valence-corrected chi connectivity index (χ1v) is 9.75. The second kappa shape index (κ2) is 10.1. The molecule has 0 aromatic heterocycles. The predicted molar refractivity (Wildman–Crippen MR) is 116 cm³/mol. The van der Waals surface area contributed by atoms with Gasteiger partial charge < -0.3 is 14.2 Å². The number of rotatable bonds is 7. The molecule has 3 aromatic rings. The summed E-state index contributed by atoms with van der Waals surface area (Å²) in [4.78, 5) is 12.4. The van der Waals surface area contributed by atoms with Gasteiger partial charge in [0.2, 0.25) is 0 Å². The molecule has 154 valence electrons. The van der Waals surface area contributed by atoms with E-state index in [2.05, 4.69) is 10.2 Å². The van der Waals surface area contributed by atoms with Gasteiger partial charge in [0, 0.05) is 0 Å². The molecule has 0 aliphatic rings. The number of azo groups is 1. The third-order valence-electron chi connectivity index (χ3n) is 3.93. The average Bonchev–Trinajstić information content (AvgIpc) is 2.76. The van der Waals surface area contributed by atoms with Crippen molar-refractivity contribution in [3.8, 4) is 17.2 Å². The van der Waals surface area contributed by atoms with E-state index >= 15 is 0 Å². The van der Waals surface area contributed by atoms with Gasteiger partial charge in [0.25, 0.3) is 0 Å². The summed E-state index contributed by atoms with van der Waals surface area (Å²) in [6, 6.07) is 16.7. The van der Waals surface area contributed by atoms with Gasteiger partial charge in [0.05, 0.1) is 40.7 Å². The molecule has 30 heavy (non-hydrogen) atoms. The fourth-order valence-corrected chi connectivity index (χ4v) is 3.02. The molecule has 0 atom stereocenters. The molecule has 0 heterocycles. The standard InChI is InChI=1S/C22H18Cl2N2O4/c1-3-29-18-10-6-15(7-11-18)25-26-16-12-19(23)21(20(24)13-16)30-22(27)14-4-8-17(28-2)9-5-14/h4-13H,3H2,1-2H3. The van der Waals surface area contributed by atoms with E-state index in [9.17, 15) is 4.79 Å². The number of benzene rings is 3. The minimum atomic E-state index is -0.592. The van der Waals surface area contributed by atoms with Gasteiger partial charge in [-0.2, -0.15) is 10.2 Å². The maximum absolute atomic E-state index is 12.4. The number of nitrogens with zero attached hydrogens (tertiary/aromatic N) is 2. The van der Waals surface area contributed by atoms with Gasteiger partial charge in [0.1, 0.15) is 11.5 Å². The Hall–Kier alpha value is -3.09. The fraction of sp³-hybridized carbons (Fsp3) is 0.136. The highest BCUT2D eigenvalue weighted by molar-refractivity contribution is 6.37. The van der Waals surface area contributed by atoms with Crippen molar-refractivity contribution in [2.24, 2.45) is 10.2 Å². The summed E-state index contributed by atoms with van der Waals surface area (Å²) in [5.74, 6) is 0.847. The Kier molecular flexibility index (Phi) is 7.27. The molecule has 0 aliphatic heterocycles. The van der Waals surface area contributed by atoms with Crippen LogP contribution in [0.25, 0.3) is 0 Å². The van der Waals surface area contributed by atoms with Gasteiger partial charge >= 0.3 is 5.97 Å². The lowest BCUT2D eigenvalue weighted by atomic mass is 10.2. The van der Waals surface area contributed by atoms with E-state index in [0.717, 1.165) is 5.75 Å². The van der Waals surface area contributed by atoms with E-state index in [1.807, 2.05) is 6.92 Å². The summed E-state index contributed by atoms with van der Waals surface area (Å²) in [6.45, 7) is 2.51. The van der Waals surface area contributed by atoms with Crippen molar-refractivity contribution in [2.75, 3.05) is 13.7 Å². The molecule has 0 N–H and O–H groups in total. The Bertz CT molecular complexity index is 1030. The monoisotopic (exact) mass is 444 g/mol. The van der Waals surface area contributed by atoms with Crippen molar-refractivity contribution >= 4 is 40.5 Å². The van der Waals surface area contributed by atoms with Gasteiger partial charge in [-0.15, -0.1) is 0 Å². The van der Waals surface area contributed by atoms with Gasteiger partial charge in [-0.05, 0) is 67.6 Å². The molecule has 0 saturated carbocycles. The summed E-state index contributed by atoms with van der Waals surface area (Å²) in [5.41, 5.74) is 1.39. The average molecular weight is 445 g/mol. The fourth-order valence-electron chi connectivity index (χ4n) is 2.47. The zero-order valence-corrected chi connectivity index (χ0v) is 17.8. The van der Waals surface area contributed by atoms with Crippen molar-refractivity contribution in [3.05, 3.63) is 76.3 Å². The third kappa shape index (κ3) is 5.49. The second-order valence-corrected chi connectivity index (χ2v) is 6.80. The van der Waals surface area contributed by atoms with Crippen LogP contribution in [0.2, 0.25) is 10.0 Å². The van der Waals surface area contributed by atoms with Crippen molar-refractivity contribution < 1.29 is 19.0 Å². The Morgan fingerprint density at radius 1 is 0.867 bits per heavy atom. The zero-order chi connectivity index (χ0) is 21.5. The molecule has 0 amide bonds. The molecule has 0 bridgehead atoms.